The molecule has 0 bridgehead atoms. The summed E-state index contributed by atoms with van der Waals surface area (Å²) in [6.45, 7) is 4.52. The maximum absolute atomic E-state index is 10.8. The molecular formula is C26H53NaO4S. The van der Waals surface area contributed by atoms with Crippen LogP contribution in [0.4, 0.5) is 0 Å². The van der Waals surface area contributed by atoms with Gasteiger partial charge in [-0.1, -0.05) is 142 Å². The molecule has 0 heterocycles. The quantitative estimate of drug-likeness (QED) is 0.0721. The molecule has 0 N–H and O–H groups in total. The molecule has 0 saturated heterocycles. The monoisotopic (exact) mass is 484 g/mol. The van der Waals surface area contributed by atoms with Crippen molar-refractivity contribution in [2.75, 3.05) is 6.61 Å². The van der Waals surface area contributed by atoms with Crippen LogP contribution in [-0.4, -0.2) is 19.6 Å². The zero-order chi connectivity index (χ0) is 23.0. The SMILES string of the molecule is CCCCCCCCCCCCCCCCCCC(CCCCCC)COS(=O)(=O)[O-].[Na+]. The first kappa shape index (κ1) is 35.0. The Bertz CT molecular complexity index is 457. The molecule has 0 aliphatic carbocycles. The normalized spacial score (nSPS) is 12.6. The third kappa shape index (κ3) is 28.9. The number of hydrogen-bond acceptors (Lipinski definition) is 4. The predicted molar refractivity (Wildman–Crippen MR) is 132 cm³/mol. The fourth-order valence-electron chi connectivity index (χ4n) is 4.33. The average molecular weight is 485 g/mol. The third-order valence-electron chi connectivity index (χ3n) is 6.38. The van der Waals surface area contributed by atoms with E-state index in [1.807, 2.05) is 0 Å². The maximum atomic E-state index is 10.8. The largest absolute Gasteiger partial charge is 1.00 e. The molecule has 0 aliphatic heterocycles. The fraction of sp³-hybridized carbons (Fsp3) is 1.00. The van der Waals surface area contributed by atoms with Crippen molar-refractivity contribution in [2.24, 2.45) is 5.92 Å². The van der Waals surface area contributed by atoms with Crippen molar-refractivity contribution in [3.8, 4) is 0 Å². The Balaban J connectivity index is 0. The van der Waals surface area contributed by atoms with Gasteiger partial charge in [-0.25, -0.2) is 8.42 Å². The van der Waals surface area contributed by atoms with Crippen LogP contribution < -0.4 is 29.6 Å². The van der Waals surface area contributed by atoms with Gasteiger partial charge in [-0.15, -0.1) is 0 Å². The van der Waals surface area contributed by atoms with Gasteiger partial charge in [0.05, 0.1) is 6.61 Å². The topological polar surface area (TPSA) is 66.4 Å². The molecule has 1 unspecified atom stereocenters. The van der Waals surface area contributed by atoms with Crippen molar-refractivity contribution >= 4 is 10.4 Å². The molecule has 0 spiro atoms. The standard InChI is InChI=1S/C26H54O4S.Na/c1-3-5-7-9-10-11-12-13-14-15-16-17-18-19-20-22-24-26(23-21-8-6-4-2)25-30-31(27,28)29;/h26H,3-25H2,1-2H3,(H,27,28,29);/q;+1/p-1. The molecule has 0 rings (SSSR count). The molecule has 0 amide bonds. The number of unbranched alkanes of at least 4 members (excludes halogenated alkanes) is 18. The van der Waals surface area contributed by atoms with Crippen LogP contribution in [0.15, 0.2) is 0 Å². The second-order valence-electron chi connectivity index (χ2n) is 9.50. The van der Waals surface area contributed by atoms with Gasteiger partial charge < -0.3 is 4.55 Å². The van der Waals surface area contributed by atoms with Crippen molar-refractivity contribution in [2.45, 2.75) is 155 Å². The summed E-state index contributed by atoms with van der Waals surface area (Å²) in [4.78, 5) is 0. The minimum Gasteiger partial charge on any atom is -0.726 e. The first-order valence-corrected chi connectivity index (χ1v) is 14.9. The van der Waals surface area contributed by atoms with Crippen LogP contribution in [0, 0.1) is 5.92 Å². The van der Waals surface area contributed by atoms with Crippen LogP contribution >= 0.6 is 0 Å². The Morgan fingerprint density at radius 1 is 0.562 bits per heavy atom. The molecule has 0 fully saturated rings. The van der Waals surface area contributed by atoms with Gasteiger partial charge in [-0.3, -0.25) is 4.18 Å². The Hall–Kier alpha value is 0.870. The van der Waals surface area contributed by atoms with E-state index in [0.29, 0.717) is 0 Å². The Morgan fingerprint density at radius 3 is 1.16 bits per heavy atom. The second-order valence-corrected chi connectivity index (χ2v) is 10.6. The zero-order valence-electron chi connectivity index (χ0n) is 21.9. The predicted octanol–water partition coefficient (Wildman–Crippen LogP) is 5.71. The van der Waals surface area contributed by atoms with Crippen molar-refractivity contribution in [1.82, 2.24) is 0 Å². The van der Waals surface area contributed by atoms with Crippen molar-refractivity contribution in [3.05, 3.63) is 0 Å². The summed E-state index contributed by atoms with van der Waals surface area (Å²) < 4.78 is 36.8. The molecule has 4 nitrogen and oxygen atoms in total. The van der Waals surface area contributed by atoms with Crippen LogP contribution in [0.3, 0.4) is 0 Å². The Kier molecular flexibility index (Phi) is 29.0. The molecule has 0 aromatic carbocycles. The van der Waals surface area contributed by atoms with Gasteiger partial charge >= 0.3 is 29.6 Å². The van der Waals surface area contributed by atoms with Crippen molar-refractivity contribution in [1.29, 1.82) is 0 Å². The molecule has 0 saturated carbocycles. The van der Waals surface area contributed by atoms with Gasteiger partial charge in [-0.2, -0.15) is 0 Å². The molecule has 6 heteroatoms. The summed E-state index contributed by atoms with van der Waals surface area (Å²) in [5.41, 5.74) is 0. The average Bonchev–Trinajstić information content (AvgIpc) is 2.73. The van der Waals surface area contributed by atoms with E-state index in [2.05, 4.69) is 18.0 Å². The molecule has 32 heavy (non-hydrogen) atoms. The van der Waals surface area contributed by atoms with E-state index in [4.69, 9.17) is 0 Å². The summed E-state index contributed by atoms with van der Waals surface area (Å²) in [7, 11) is -4.57. The van der Waals surface area contributed by atoms with Gasteiger partial charge in [0, 0.05) is 0 Å². The van der Waals surface area contributed by atoms with Crippen LogP contribution in [0.5, 0.6) is 0 Å². The summed E-state index contributed by atoms with van der Waals surface area (Å²) in [6.07, 6.45) is 28.3. The van der Waals surface area contributed by atoms with Gasteiger partial charge in [0.25, 0.3) is 0 Å². The Labute approximate surface area is 223 Å². The van der Waals surface area contributed by atoms with E-state index in [-0.39, 0.29) is 42.1 Å². The molecule has 0 aliphatic rings. The van der Waals surface area contributed by atoms with Crippen LogP contribution in [0.1, 0.15) is 155 Å². The van der Waals surface area contributed by atoms with E-state index in [0.717, 1.165) is 25.7 Å². The maximum Gasteiger partial charge on any atom is 1.00 e. The smallest absolute Gasteiger partial charge is 0.726 e. The van der Waals surface area contributed by atoms with E-state index in [1.165, 1.54) is 116 Å². The van der Waals surface area contributed by atoms with Crippen molar-refractivity contribution < 1.29 is 46.7 Å². The van der Waals surface area contributed by atoms with Crippen molar-refractivity contribution in [3.63, 3.8) is 0 Å². The summed E-state index contributed by atoms with van der Waals surface area (Å²) in [5.74, 6) is 0.201. The van der Waals surface area contributed by atoms with Crippen LogP contribution in [0.25, 0.3) is 0 Å². The Morgan fingerprint density at radius 2 is 0.844 bits per heavy atom. The third-order valence-corrected chi connectivity index (χ3v) is 6.80. The van der Waals surface area contributed by atoms with E-state index in [9.17, 15) is 13.0 Å². The molecule has 1 atom stereocenters. The first-order chi connectivity index (χ1) is 15.0. The zero-order valence-corrected chi connectivity index (χ0v) is 24.7. The number of hydrogen-bond donors (Lipinski definition) is 0. The van der Waals surface area contributed by atoms with Crippen LogP contribution in [0.2, 0.25) is 0 Å². The van der Waals surface area contributed by atoms with E-state index < -0.39 is 10.4 Å². The van der Waals surface area contributed by atoms with Crippen LogP contribution in [-0.2, 0) is 14.6 Å². The first-order valence-electron chi connectivity index (χ1n) is 13.6. The van der Waals surface area contributed by atoms with E-state index >= 15 is 0 Å². The van der Waals surface area contributed by atoms with Gasteiger partial charge in [0.2, 0.25) is 10.4 Å². The fourth-order valence-corrected chi connectivity index (χ4v) is 4.69. The molecule has 0 aromatic rings. The van der Waals surface area contributed by atoms with E-state index in [1.54, 1.807) is 0 Å². The summed E-state index contributed by atoms with van der Waals surface area (Å²) in [6, 6.07) is 0. The van der Waals surface area contributed by atoms with Gasteiger partial charge in [0.1, 0.15) is 0 Å². The number of rotatable bonds is 25. The van der Waals surface area contributed by atoms with Gasteiger partial charge in [-0.05, 0) is 18.8 Å². The summed E-state index contributed by atoms with van der Waals surface area (Å²) >= 11 is 0. The second kappa shape index (κ2) is 26.5. The molecule has 188 valence electrons. The molecular weight excluding hydrogens is 431 g/mol. The minimum atomic E-state index is -4.57. The minimum absolute atomic E-state index is 0. The molecule has 0 radical (unpaired) electrons. The molecule has 0 aromatic heterocycles. The summed E-state index contributed by atoms with van der Waals surface area (Å²) in [5, 5.41) is 0. The van der Waals surface area contributed by atoms with Gasteiger partial charge in [0.15, 0.2) is 0 Å².